The van der Waals surface area contributed by atoms with Crippen molar-refractivity contribution in [2.45, 2.75) is 12.2 Å². The number of aryl methyl sites for hydroxylation is 1. The maximum absolute atomic E-state index is 11.3. The summed E-state index contributed by atoms with van der Waals surface area (Å²) >= 11 is -2.27. The second kappa shape index (κ2) is 5.90. The Labute approximate surface area is 102 Å². The lowest BCUT2D eigenvalue weighted by Crippen LogP contribution is -2.31. The Morgan fingerprint density at radius 3 is 2.29 bits per heavy atom. The summed E-state index contributed by atoms with van der Waals surface area (Å²) in [4.78, 5) is 11.0. The van der Waals surface area contributed by atoms with E-state index in [1.54, 1.807) is 24.3 Å². The minimum Gasteiger partial charge on any atom is -0.481 e. The normalized spacial score (nSPS) is 16.2. The molecule has 1 aromatic rings. The van der Waals surface area contributed by atoms with Gasteiger partial charge in [-0.25, -0.2) is 4.21 Å². The van der Waals surface area contributed by atoms with Gasteiger partial charge in [0.1, 0.15) is 0 Å². The van der Waals surface area contributed by atoms with Gasteiger partial charge >= 0.3 is 5.97 Å². The first-order chi connectivity index (χ1) is 7.97. The predicted octanol–water partition coefficient (Wildman–Crippen LogP) is 0.917. The van der Waals surface area contributed by atoms with Crippen LogP contribution in [0.15, 0.2) is 24.3 Å². The van der Waals surface area contributed by atoms with Crippen LogP contribution in [0.2, 0.25) is 0 Å². The molecule has 3 atom stereocenters. The van der Waals surface area contributed by atoms with Gasteiger partial charge in [-0.2, -0.15) is 0 Å². The standard InChI is InChI=1S/C11H15NO4S/c1-7-2-4-8(5-3-7)10(17(15)16)9(6-12)11(13)14/h2-5,9-10H,6,12H2,1H3,(H,13,14)(H,15,16). The number of carbonyl (C=O) groups is 1. The molecule has 0 saturated carbocycles. The number of carboxylic acids is 1. The molecule has 0 aromatic heterocycles. The van der Waals surface area contributed by atoms with Gasteiger partial charge in [-0.3, -0.25) is 4.79 Å². The van der Waals surface area contributed by atoms with E-state index in [-0.39, 0.29) is 6.54 Å². The van der Waals surface area contributed by atoms with Crippen LogP contribution in [0.3, 0.4) is 0 Å². The zero-order chi connectivity index (χ0) is 13.0. The Morgan fingerprint density at radius 2 is 1.94 bits per heavy atom. The van der Waals surface area contributed by atoms with Crippen molar-refractivity contribution >= 4 is 17.0 Å². The number of rotatable bonds is 5. The average molecular weight is 257 g/mol. The fraction of sp³-hybridized carbons (Fsp3) is 0.364. The number of hydrogen-bond donors (Lipinski definition) is 3. The highest BCUT2D eigenvalue weighted by Gasteiger charge is 2.32. The zero-order valence-corrected chi connectivity index (χ0v) is 10.2. The highest BCUT2D eigenvalue weighted by atomic mass is 32.2. The molecular weight excluding hydrogens is 242 g/mol. The molecule has 0 amide bonds. The first-order valence-corrected chi connectivity index (χ1v) is 6.23. The molecule has 0 aliphatic carbocycles. The highest BCUT2D eigenvalue weighted by molar-refractivity contribution is 7.79. The van der Waals surface area contributed by atoms with Gasteiger partial charge in [0.25, 0.3) is 0 Å². The summed E-state index contributed by atoms with van der Waals surface area (Å²) in [6.07, 6.45) is 0. The Morgan fingerprint density at radius 1 is 1.41 bits per heavy atom. The fourth-order valence-corrected chi connectivity index (χ4v) is 2.50. The van der Waals surface area contributed by atoms with Gasteiger partial charge in [-0.1, -0.05) is 29.8 Å². The lowest BCUT2D eigenvalue weighted by atomic mass is 9.98. The van der Waals surface area contributed by atoms with Crippen LogP contribution >= 0.6 is 0 Å². The fourth-order valence-electron chi connectivity index (χ4n) is 1.60. The molecule has 3 unspecified atom stereocenters. The minimum absolute atomic E-state index is 0.180. The van der Waals surface area contributed by atoms with E-state index < -0.39 is 28.2 Å². The Kier molecular flexibility index (Phi) is 4.80. The second-order valence-electron chi connectivity index (χ2n) is 3.79. The van der Waals surface area contributed by atoms with Crippen molar-refractivity contribution in [3.63, 3.8) is 0 Å². The van der Waals surface area contributed by atoms with Crippen LogP contribution in [0.5, 0.6) is 0 Å². The molecule has 17 heavy (non-hydrogen) atoms. The van der Waals surface area contributed by atoms with Gasteiger partial charge in [0.05, 0.1) is 11.2 Å². The van der Waals surface area contributed by atoms with Crippen molar-refractivity contribution in [2.75, 3.05) is 6.54 Å². The lowest BCUT2D eigenvalue weighted by Gasteiger charge is -2.19. The minimum atomic E-state index is -2.27. The molecule has 0 heterocycles. The monoisotopic (exact) mass is 257 g/mol. The van der Waals surface area contributed by atoms with Gasteiger partial charge in [0, 0.05) is 6.54 Å². The molecule has 6 heteroatoms. The van der Waals surface area contributed by atoms with E-state index in [4.69, 9.17) is 10.8 Å². The number of aliphatic carboxylic acids is 1. The third-order valence-electron chi connectivity index (χ3n) is 2.56. The summed E-state index contributed by atoms with van der Waals surface area (Å²) in [5, 5.41) is 7.98. The Balaban J connectivity index is 3.12. The lowest BCUT2D eigenvalue weighted by molar-refractivity contribution is -0.141. The summed E-state index contributed by atoms with van der Waals surface area (Å²) in [5.41, 5.74) is 6.86. The molecule has 0 bridgehead atoms. The highest BCUT2D eigenvalue weighted by Crippen LogP contribution is 2.27. The Hall–Kier alpha value is -1.24. The van der Waals surface area contributed by atoms with Crippen molar-refractivity contribution in [3.8, 4) is 0 Å². The molecule has 0 aliphatic heterocycles. The van der Waals surface area contributed by atoms with Crippen LogP contribution in [0, 0.1) is 12.8 Å². The molecule has 0 saturated heterocycles. The van der Waals surface area contributed by atoms with Gasteiger partial charge in [-0.15, -0.1) is 0 Å². The van der Waals surface area contributed by atoms with E-state index in [9.17, 15) is 13.6 Å². The van der Waals surface area contributed by atoms with Crippen LogP contribution in [0.4, 0.5) is 0 Å². The summed E-state index contributed by atoms with van der Waals surface area (Å²) in [7, 11) is 0. The third kappa shape index (κ3) is 3.36. The van der Waals surface area contributed by atoms with E-state index in [0.717, 1.165) is 5.56 Å². The van der Waals surface area contributed by atoms with Gasteiger partial charge < -0.3 is 15.4 Å². The maximum atomic E-state index is 11.3. The number of carboxylic acid groups (broad SMARTS) is 1. The SMILES string of the molecule is Cc1ccc(C(C(CN)C(=O)O)S(=O)O)cc1. The summed E-state index contributed by atoms with van der Waals surface area (Å²) < 4.78 is 20.5. The topological polar surface area (TPSA) is 101 Å². The largest absolute Gasteiger partial charge is 0.481 e. The van der Waals surface area contributed by atoms with Gasteiger partial charge in [0.15, 0.2) is 11.1 Å². The number of nitrogens with two attached hydrogens (primary N) is 1. The summed E-state index contributed by atoms with van der Waals surface area (Å²) in [5.74, 6) is -2.23. The van der Waals surface area contributed by atoms with Crippen LogP contribution < -0.4 is 5.73 Å². The van der Waals surface area contributed by atoms with Crippen molar-refractivity contribution in [2.24, 2.45) is 11.7 Å². The van der Waals surface area contributed by atoms with E-state index in [2.05, 4.69) is 0 Å². The molecule has 0 fully saturated rings. The molecule has 0 radical (unpaired) electrons. The Bertz CT molecular complexity index is 418. The van der Waals surface area contributed by atoms with Gasteiger partial charge in [-0.05, 0) is 12.5 Å². The first kappa shape index (κ1) is 13.8. The molecule has 94 valence electrons. The molecule has 1 aromatic carbocycles. The first-order valence-electron chi connectivity index (χ1n) is 5.06. The summed E-state index contributed by atoms with van der Waals surface area (Å²) in [6.45, 7) is 1.70. The van der Waals surface area contributed by atoms with Crippen LogP contribution in [-0.2, 0) is 15.9 Å². The van der Waals surface area contributed by atoms with Crippen LogP contribution in [0.1, 0.15) is 16.4 Å². The average Bonchev–Trinajstić information content (AvgIpc) is 2.26. The quantitative estimate of drug-likeness (QED) is 0.681. The van der Waals surface area contributed by atoms with Crippen molar-refractivity contribution in [3.05, 3.63) is 35.4 Å². The van der Waals surface area contributed by atoms with E-state index in [1.165, 1.54) is 0 Å². The molecule has 1 rings (SSSR count). The second-order valence-corrected chi connectivity index (χ2v) is 4.85. The van der Waals surface area contributed by atoms with Crippen molar-refractivity contribution < 1.29 is 18.7 Å². The molecule has 0 spiro atoms. The molecular formula is C11H15NO4S. The van der Waals surface area contributed by atoms with Crippen LogP contribution in [-0.4, -0.2) is 26.4 Å². The molecule has 0 aliphatic rings. The molecule has 5 nitrogen and oxygen atoms in total. The van der Waals surface area contributed by atoms with E-state index in [0.29, 0.717) is 5.56 Å². The third-order valence-corrected chi connectivity index (χ3v) is 3.59. The van der Waals surface area contributed by atoms with E-state index >= 15 is 0 Å². The summed E-state index contributed by atoms with van der Waals surface area (Å²) in [6, 6.07) is 6.84. The zero-order valence-electron chi connectivity index (χ0n) is 9.37. The smallest absolute Gasteiger partial charge is 0.309 e. The van der Waals surface area contributed by atoms with Gasteiger partial charge in [0.2, 0.25) is 0 Å². The van der Waals surface area contributed by atoms with Crippen LogP contribution in [0.25, 0.3) is 0 Å². The van der Waals surface area contributed by atoms with Crippen molar-refractivity contribution in [1.82, 2.24) is 0 Å². The predicted molar refractivity (Wildman–Crippen MR) is 64.9 cm³/mol. The number of hydrogen-bond acceptors (Lipinski definition) is 3. The molecule has 4 N–H and O–H groups in total. The maximum Gasteiger partial charge on any atom is 0.309 e. The van der Waals surface area contributed by atoms with Crippen molar-refractivity contribution in [1.29, 1.82) is 0 Å². The van der Waals surface area contributed by atoms with E-state index in [1.807, 2.05) is 6.92 Å². The number of benzene rings is 1.